The average Bonchev–Trinajstić information content (AvgIpc) is 2.56. The Bertz CT molecular complexity index is 535. The van der Waals surface area contributed by atoms with Gasteiger partial charge in [0, 0.05) is 37.9 Å². The van der Waals surface area contributed by atoms with Crippen LogP contribution < -0.4 is 10.2 Å². The lowest BCUT2D eigenvalue weighted by Crippen LogP contribution is -2.43. The second-order valence-corrected chi connectivity index (χ2v) is 5.00. The van der Waals surface area contributed by atoms with Crippen molar-refractivity contribution in [3.63, 3.8) is 0 Å². The van der Waals surface area contributed by atoms with Crippen molar-refractivity contribution in [3.8, 4) is 0 Å². The summed E-state index contributed by atoms with van der Waals surface area (Å²) in [5.74, 6) is 0.982. The highest BCUT2D eigenvalue weighted by atomic mass is 16.3. The first-order chi connectivity index (χ1) is 9.84. The minimum Gasteiger partial charge on any atom is -0.384 e. The van der Waals surface area contributed by atoms with Gasteiger partial charge in [0.15, 0.2) is 0 Å². The fourth-order valence-electron chi connectivity index (χ4n) is 2.47. The molecule has 0 saturated carbocycles. The van der Waals surface area contributed by atoms with Gasteiger partial charge >= 0.3 is 0 Å². The van der Waals surface area contributed by atoms with Crippen LogP contribution in [0.4, 0.5) is 5.82 Å². The van der Waals surface area contributed by atoms with E-state index in [0.29, 0.717) is 0 Å². The van der Waals surface area contributed by atoms with E-state index in [1.54, 1.807) is 6.20 Å². The van der Waals surface area contributed by atoms with Gasteiger partial charge in [0.05, 0.1) is 0 Å². The summed E-state index contributed by atoms with van der Waals surface area (Å²) >= 11 is 0. The van der Waals surface area contributed by atoms with Gasteiger partial charge in [0.2, 0.25) is 0 Å². The minimum atomic E-state index is -0.610. The van der Waals surface area contributed by atoms with E-state index in [9.17, 15) is 5.11 Å². The smallest absolute Gasteiger partial charge is 0.128 e. The van der Waals surface area contributed by atoms with Crippen molar-refractivity contribution in [1.29, 1.82) is 0 Å². The number of nitrogens with one attached hydrogen (secondary N) is 1. The number of aromatic nitrogens is 1. The van der Waals surface area contributed by atoms with Crippen LogP contribution in [0.15, 0.2) is 48.7 Å². The highest BCUT2D eigenvalue weighted by molar-refractivity contribution is 5.41. The maximum atomic E-state index is 10.3. The zero-order valence-corrected chi connectivity index (χ0v) is 11.4. The van der Waals surface area contributed by atoms with Gasteiger partial charge in [-0.3, -0.25) is 0 Å². The van der Waals surface area contributed by atoms with Crippen LogP contribution in [0.2, 0.25) is 0 Å². The summed E-state index contributed by atoms with van der Waals surface area (Å²) in [5, 5.41) is 13.7. The summed E-state index contributed by atoms with van der Waals surface area (Å²) in [5.41, 5.74) is 1.72. The monoisotopic (exact) mass is 269 g/mol. The first-order valence-electron chi connectivity index (χ1n) is 6.99. The highest BCUT2D eigenvalue weighted by Crippen LogP contribution is 2.22. The van der Waals surface area contributed by atoms with Gasteiger partial charge in [-0.15, -0.1) is 0 Å². The molecular weight excluding hydrogens is 250 g/mol. The highest BCUT2D eigenvalue weighted by Gasteiger charge is 2.14. The third-order valence-electron chi connectivity index (χ3n) is 3.64. The average molecular weight is 269 g/mol. The van der Waals surface area contributed by atoms with Crippen molar-refractivity contribution >= 4 is 5.82 Å². The first-order valence-corrected chi connectivity index (χ1v) is 6.99. The van der Waals surface area contributed by atoms with E-state index in [4.69, 9.17) is 0 Å². The molecule has 1 fully saturated rings. The summed E-state index contributed by atoms with van der Waals surface area (Å²) in [6.07, 6.45) is 1.16. The molecule has 2 N–H and O–H groups in total. The third-order valence-corrected chi connectivity index (χ3v) is 3.64. The van der Waals surface area contributed by atoms with Crippen LogP contribution in [0.25, 0.3) is 0 Å². The zero-order chi connectivity index (χ0) is 13.8. The molecule has 1 saturated heterocycles. The van der Waals surface area contributed by atoms with Crippen LogP contribution in [0.1, 0.15) is 17.2 Å². The molecular formula is C16H19N3O. The van der Waals surface area contributed by atoms with Gasteiger partial charge in [-0.1, -0.05) is 36.4 Å². The predicted octanol–water partition coefficient (Wildman–Crippen LogP) is 1.57. The van der Waals surface area contributed by atoms with Crippen LogP contribution in [0.5, 0.6) is 0 Å². The van der Waals surface area contributed by atoms with E-state index in [1.165, 1.54) is 0 Å². The molecule has 4 nitrogen and oxygen atoms in total. The molecule has 1 aliphatic heterocycles. The lowest BCUT2D eigenvalue weighted by Gasteiger charge is -2.28. The van der Waals surface area contributed by atoms with Gasteiger partial charge in [0.1, 0.15) is 11.9 Å². The normalized spacial score (nSPS) is 16.9. The molecule has 1 aromatic carbocycles. The molecule has 0 amide bonds. The quantitative estimate of drug-likeness (QED) is 0.888. The molecule has 0 unspecified atom stereocenters. The Morgan fingerprint density at radius 3 is 2.40 bits per heavy atom. The summed E-state index contributed by atoms with van der Waals surface area (Å²) in [7, 11) is 0. The number of anilines is 1. The molecule has 3 rings (SSSR count). The lowest BCUT2D eigenvalue weighted by atomic mass is 10.0. The molecule has 0 aliphatic carbocycles. The zero-order valence-electron chi connectivity index (χ0n) is 11.4. The second kappa shape index (κ2) is 6.03. The maximum Gasteiger partial charge on any atom is 0.128 e. The predicted molar refractivity (Wildman–Crippen MR) is 79.8 cm³/mol. The minimum absolute atomic E-state index is 0.610. The fourth-order valence-corrected chi connectivity index (χ4v) is 2.47. The van der Waals surface area contributed by atoms with Gasteiger partial charge in [-0.25, -0.2) is 4.98 Å². The molecule has 2 heterocycles. The molecule has 1 aliphatic rings. The van der Waals surface area contributed by atoms with Gasteiger partial charge < -0.3 is 15.3 Å². The number of piperazine rings is 1. The van der Waals surface area contributed by atoms with Crippen molar-refractivity contribution < 1.29 is 5.11 Å². The molecule has 104 valence electrons. The Labute approximate surface area is 119 Å². The Hall–Kier alpha value is -1.91. The van der Waals surface area contributed by atoms with Crippen molar-refractivity contribution in [2.45, 2.75) is 6.10 Å². The molecule has 0 radical (unpaired) electrons. The second-order valence-electron chi connectivity index (χ2n) is 5.00. The number of nitrogens with zero attached hydrogens (tertiary/aromatic N) is 2. The topological polar surface area (TPSA) is 48.4 Å². The van der Waals surface area contributed by atoms with Crippen LogP contribution in [0, 0.1) is 0 Å². The maximum absolute atomic E-state index is 10.3. The standard InChI is InChI=1S/C16H19N3O/c20-16(13-4-2-1-3-5-13)14-6-7-15(18-12-14)19-10-8-17-9-11-19/h1-7,12,16-17,20H,8-11H2/t16-/m1/s1. The largest absolute Gasteiger partial charge is 0.384 e. The first kappa shape index (κ1) is 13.1. The number of rotatable bonds is 3. The molecule has 1 atom stereocenters. The number of aliphatic hydroxyl groups excluding tert-OH is 1. The number of hydrogen-bond acceptors (Lipinski definition) is 4. The van der Waals surface area contributed by atoms with Crippen molar-refractivity contribution in [3.05, 3.63) is 59.8 Å². The number of benzene rings is 1. The van der Waals surface area contributed by atoms with Gasteiger partial charge in [-0.2, -0.15) is 0 Å². The Morgan fingerprint density at radius 2 is 1.75 bits per heavy atom. The van der Waals surface area contributed by atoms with Gasteiger partial charge in [-0.05, 0) is 11.6 Å². The van der Waals surface area contributed by atoms with Crippen molar-refractivity contribution in [1.82, 2.24) is 10.3 Å². The molecule has 1 aromatic heterocycles. The Morgan fingerprint density at radius 1 is 1.00 bits per heavy atom. The van der Waals surface area contributed by atoms with Crippen LogP contribution in [-0.2, 0) is 0 Å². The summed E-state index contributed by atoms with van der Waals surface area (Å²) in [6, 6.07) is 13.6. The van der Waals surface area contributed by atoms with Crippen LogP contribution >= 0.6 is 0 Å². The number of pyridine rings is 1. The fraction of sp³-hybridized carbons (Fsp3) is 0.312. The SMILES string of the molecule is O[C@H](c1ccccc1)c1ccc(N2CCNCC2)nc1. The van der Waals surface area contributed by atoms with E-state index in [0.717, 1.165) is 43.1 Å². The van der Waals surface area contributed by atoms with E-state index >= 15 is 0 Å². The number of hydrogen-bond donors (Lipinski definition) is 2. The van der Waals surface area contributed by atoms with Crippen LogP contribution in [-0.4, -0.2) is 36.3 Å². The van der Waals surface area contributed by atoms with E-state index < -0.39 is 6.10 Å². The molecule has 2 aromatic rings. The molecule has 20 heavy (non-hydrogen) atoms. The summed E-state index contributed by atoms with van der Waals surface area (Å²) in [6.45, 7) is 3.95. The van der Waals surface area contributed by atoms with Gasteiger partial charge in [0.25, 0.3) is 0 Å². The molecule has 0 spiro atoms. The summed E-state index contributed by atoms with van der Waals surface area (Å²) < 4.78 is 0. The molecule has 4 heteroatoms. The van der Waals surface area contributed by atoms with Crippen molar-refractivity contribution in [2.24, 2.45) is 0 Å². The lowest BCUT2D eigenvalue weighted by molar-refractivity contribution is 0.220. The Kier molecular flexibility index (Phi) is 3.95. The third kappa shape index (κ3) is 2.81. The van der Waals surface area contributed by atoms with Crippen LogP contribution in [0.3, 0.4) is 0 Å². The summed E-state index contributed by atoms with van der Waals surface area (Å²) in [4.78, 5) is 6.75. The number of aliphatic hydroxyl groups is 1. The van der Waals surface area contributed by atoms with Crippen molar-refractivity contribution in [2.75, 3.05) is 31.1 Å². The van der Waals surface area contributed by atoms with E-state index in [1.807, 2.05) is 42.5 Å². The van der Waals surface area contributed by atoms with E-state index in [-0.39, 0.29) is 0 Å². The van der Waals surface area contributed by atoms with E-state index in [2.05, 4.69) is 15.2 Å². The molecule has 0 bridgehead atoms. The Balaban J connectivity index is 1.75.